The fraction of sp³-hybridized carbons (Fsp3) is 0.200. The summed E-state index contributed by atoms with van der Waals surface area (Å²) >= 11 is 0. The maximum absolute atomic E-state index is 11.6. The third-order valence-corrected chi connectivity index (χ3v) is 2.76. The lowest BCUT2D eigenvalue weighted by Crippen LogP contribution is -2.18. The molecule has 2 aromatic rings. The molecule has 19 heavy (non-hydrogen) atoms. The number of hydrogen-bond donors (Lipinski definition) is 2. The van der Waals surface area contributed by atoms with E-state index in [4.69, 9.17) is 0 Å². The molecule has 1 heterocycles. The molecule has 0 saturated carbocycles. The van der Waals surface area contributed by atoms with Gasteiger partial charge in [0, 0.05) is 24.8 Å². The molecule has 0 atom stereocenters. The van der Waals surface area contributed by atoms with Gasteiger partial charge in [0.25, 0.3) is 5.91 Å². The van der Waals surface area contributed by atoms with E-state index in [1.54, 1.807) is 19.2 Å². The van der Waals surface area contributed by atoms with Crippen molar-refractivity contribution >= 4 is 11.7 Å². The quantitative estimate of drug-likeness (QED) is 0.881. The molecule has 2 rings (SSSR count). The molecular formula is C15H17N3O. The Balaban J connectivity index is 2.12. The van der Waals surface area contributed by atoms with Crippen LogP contribution in [0.5, 0.6) is 0 Å². The highest BCUT2D eigenvalue weighted by molar-refractivity contribution is 5.94. The van der Waals surface area contributed by atoms with Gasteiger partial charge in [-0.1, -0.05) is 30.3 Å². The monoisotopic (exact) mass is 255 g/mol. The number of benzene rings is 1. The maximum Gasteiger partial charge on any atom is 0.251 e. The van der Waals surface area contributed by atoms with Crippen molar-refractivity contribution in [2.45, 2.75) is 13.5 Å². The molecule has 0 aliphatic rings. The second-order valence-electron chi connectivity index (χ2n) is 4.30. The number of nitrogens with zero attached hydrogens (tertiary/aromatic N) is 1. The highest BCUT2D eigenvalue weighted by Crippen LogP contribution is 2.11. The zero-order chi connectivity index (χ0) is 13.7. The van der Waals surface area contributed by atoms with Gasteiger partial charge >= 0.3 is 0 Å². The van der Waals surface area contributed by atoms with Gasteiger partial charge in [0.05, 0.1) is 0 Å². The summed E-state index contributed by atoms with van der Waals surface area (Å²) in [6.45, 7) is 2.56. The Labute approximate surface area is 112 Å². The first-order chi connectivity index (χ1) is 9.19. The van der Waals surface area contributed by atoms with E-state index in [1.165, 1.54) is 5.56 Å². The number of carbonyl (C=O) groups is 1. The number of aromatic nitrogens is 1. The van der Waals surface area contributed by atoms with E-state index in [2.05, 4.69) is 15.6 Å². The number of carbonyl (C=O) groups excluding carboxylic acids is 1. The Morgan fingerprint density at radius 3 is 2.63 bits per heavy atom. The molecule has 1 aromatic heterocycles. The minimum Gasteiger partial charge on any atom is -0.366 e. The smallest absolute Gasteiger partial charge is 0.251 e. The number of rotatable bonds is 4. The van der Waals surface area contributed by atoms with E-state index >= 15 is 0 Å². The first-order valence-electron chi connectivity index (χ1n) is 6.17. The van der Waals surface area contributed by atoms with E-state index in [-0.39, 0.29) is 5.91 Å². The van der Waals surface area contributed by atoms with Crippen molar-refractivity contribution in [2.75, 3.05) is 12.4 Å². The van der Waals surface area contributed by atoms with Gasteiger partial charge in [-0.25, -0.2) is 4.98 Å². The van der Waals surface area contributed by atoms with E-state index in [0.29, 0.717) is 17.9 Å². The molecule has 1 amide bonds. The molecule has 0 aliphatic heterocycles. The van der Waals surface area contributed by atoms with Crippen LogP contribution in [-0.2, 0) is 6.54 Å². The second kappa shape index (κ2) is 6.00. The number of amides is 1. The Morgan fingerprint density at radius 1 is 1.21 bits per heavy atom. The molecule has 1 aromatic carbocycles. The molecule has 0 saturated heterocycles. The van der Waals surface area contributed by atoms with Crippen LogP contribution in [0.25, 0.3) is 0 Å². The number of anilines is 1. The summed E-state index contributed by atoms with van der Waals surface area (Å²) in [6, 6.07) is 13.6. The van der Waals surface area contributed by atoms with Crippen molar-refractivity contribution in [3.8, 4) is 0 Å². The van der Waals surface area contributed by atoms with Crippen molar-refractivity contribution in [1.29, 1.82) is 0 Å². The van der Waals surface area contributed by atoms with Crippen LogP contribution in [0.1, 0.15) is 21.6 Å². The van der Waals surface area contributed by atoms with Gasteiger partial charge < -0.3 is 10.6 Å². The Kier molecular flexibility index (Phi) is 4.13. The van der Waals surface area contributed by atoms with Crippen molar-refractivity contribution in [3.63, 3.8) is 0 Å². The zero-order valence-corrected chi connectivity index (χ0v) is 11.1. The van der Waals surface area contributed by atoms with E-state index in [0.717, 1.165) is 5.69 Å². The Bertz CT molecular complexity index is 567. The Hall–Kier alpha value is -2.36. The van der Waals surface area contributed by atoms with Crippen LogP contribution in [-0.4, -0.2) is 17.9 Å². The van der Waals surface area contributed by atoms with Crippen LogP contribution in [0.15, 0.2) is 42.5 Å². The maximum atomic E-state index is 11.6. The van der Waals surface area contributed by atoms with Gasteiger partial charge in [-0.3, -0.25) is 4.79 Å². The number of nitrogens with one attached hydrogen (secondary N) is 2. The fourth-order valence-electron chi connectivity index (χ4n) is 1.82. The van der Waals surface area contributed by atoms with Crippen LogP contribution in [0.4, 0.5) is 5.82 Å². The van der Waals surface area contributed by atoms with E-state index in [1.807, 2.05) is 37.3 Å². The molecule has 0 radical (unpaired) electrons. The highest BCUT2D eigenvalue weighted by atomic mass is 16.1. The van der Waals surface area contributed by atoms with Crippen molar-refractivity contribution in [1.82, 2.24) is 10.3 Å². The summed E-state index contributed by atoms with van der Waals surface area (Å²) in [5.41, 5.74) is 2.61. The molecule has 0 fully saturated rings. The molecule has 0 aliphatic carbocycles. The van der Waals surface area contributed by atoms with Gasteiger partial charge in [-0.05, 0) is 24.6 Å². The summed E-state index contributed by atoms with van der Waals surface area (Å²) in [5, 5.41) is 5.85. The normalized spacial score (nSPS) is 10.0. The van der Waals surface area contributed by atoms with Crippen LogP contribution in [0.2, 0.25) is 0 Å². The average molecular weight is 255 g/mol. The Morgan fingerprint density at radius 2 is 1.95 bits per heavy atom. The SMILES string of the molecule is CNC(=O)c1cc(C)nc(NCc2ccccc2)c1. The van der Waals surface area contributed by atoms with Gasteiger partial charge in [-0.15, -0.1) is 0 Å². The lowest BCUT2D eigenvalue weighted by Gasteiger charge is -2.08. The lowest BCUT2D eigenvalue weighted by molar-refractivity contribution is 0.0963. The number of pyridine rings is 1. The van der Waals surface area contributed by atoms with Crippen LogP contribution in [0.3, 0.4) is 0 Å². The summed E-state index contributed by atoms with van der Waals surface area (Å²) in [5.74, 6) is 0.607. The molecule has 0 spiro atoms. The van der Waals surface area contributed by atoms with Crippen molar-refractivity contribution in [2.24, 2.45) is 0 Å². The first-order valence-corrected chi connectivity index (χ1v) is 6.17. The van der Waals surface area contributed by atoms with Gasteiger partial charge in [0.2, 0.25) is 0 Å². The summed E-state index contributed by atoms with van der Waals surface area (Å²) < 4.78 is 0. The fourth-order valence-corrected chi connectivity index (χ4v) is 1.82. The molecule has 0 unspecified atom stereocenters. The molecule has 2 N–H and O–H groups in total. The largest absolute Gasteiger partial charge is 0.366 e. The van der Waals surface area contributed by atoms with Crippen molar-refractivity contribution < 1.29 is 4.79 Å². The topological polar surface area (TPSA) is 54.0 Å². The standard InChI is InChI=1S/C15H17N3O/c1-11-8-13(15(19)16-2)9-14(18-11)17-10-12-6-4-3-5-7-12/h3-9H,10H2,1-2H3,(H,16,19)(H,17,18). The molecule has 4 heteroatoms. The predicted octanol–water partition coefficient (Wildman–Crippen LogP) is 2.36. The molecule has 0 bridgehead atoms. The average Bonchev–Trinajstić information content (AvgIpc) is 2.45. The number of aryl methyl sites for hydroxylation is 1. The summed E-state index contributed by atoms with van der Waals surface area (Å²) in [4.78, 5) is 16.0. The minimum absolute atomic E-state index is 0.103. The first kappa shape index (κ1) is 13.1. The lowest BCUT2D eigenvalue weighted by atomic mass is 10.2. The second-order valence-corrected chi connectivity index (χ2v) is 4.30. The van der Waals surface area contributed by atoms with Gasteiger partial charge in [0.15, 0.2) is 0 Å². The summed E-state index contributed by atoms with van der Waals surface area (Å²) in [6.07, 6.45) is 0. The zero-order valence-electron chi connectivity index (χ0n) is 11.1. The predicted molar refractivity (Wildman–Crippen MR) is 76.1 cm³/mol. The molecule has 4 nitrogen and oxygen atoms in total. The molecule has 98 valence electrons. The van der Waals surface area contributed by atoms with Crippen LogP contribution >= 0.6 is 0 Å². The minimum atomic E-state index is -0.103. The van der Waals surface area contributed by atoms with Crippen LogP contribution < -0.4 is 10.6 Å². The third kappa shape index (κ3) is 3.55. The van der Waals surface area contributed by atoms with Gasteiger partial charge in [0.1, 0.15) is 5.82 Å². The van der Waals surface area contributed by atoms with E-state index < -0.39 is 0 Å². The third-order valence-electron chi connectivity index (χ3n) is 2.76. The molecular weight excluding hydrogens is 238 g/mol. The number of hydrogen-bond acceptors (Lipinski definition) is 3. The van der Waals surface area contributed by atoms with Gasteiger partial charge in [-0.2, -0.15) is 0 Å². The van der Waals surface area contributed by atoms with Crippen LogP contribution in [0, 0.1) is 6.92 Å². The summed E-state index contributed by atoms with van der Waals surface area (Å²) in [7, 11) is 1.62. The van der Waals surface area contributed by atoms with Crippen molar-refractivity contribution in [3.05, 3.63) is 59.3 Å². The van der Waals surface area contributed by atoms with E-state index in [9.17, 15) is 4.79 Å². The highest BCUT2D eigenvalue weighted by Gasteiger charge is 2.06.